The fourth-order valence-corrected chi connectivity index (χ4v) is 5.60. The summed E-state index contributed by atoms with van der Waals surface area (Å²) in [4.78, 5) is 12.8. The normalized spacial score (nSPS) is 14.9. The summed E-state index contributed by atoms with van der Waals surface area (Å²) in [6.45, 7) is 1.34. The molecule has 8 nitrogen and oxygen atoms in total. The first-order valence-electron chi connectivity index (χ1n) is 11.1. The van der Waals surface area contributed by atoms with E-state index < -0.39 is 10.0 Å². The Balaban J connectivity index is 1.72. The van der Waals surface area contributed by atoms with Crippen LogP contribution in [0.3, 0.4) is 0 Å². The minimum absolute atomic E-state index is 0.0273. The van der Waals surface area contributed by atoms with Crippen molar-refractivity contribution in [2.24, 2.45) is 0 Å². The Labute approximate surface area is 195 Å². The standard InChI is InChI=1S/C24H32N2O6S/c1-30-20-10-8-18(16-22(20)32-3)12-13-25-24(27)19-9-11-21(31-2)23(17-19)33(28,29)26-14-6-4-5-7-15-26/h8-11,16-17H,4-7,12-15H2,1-3H3,(H,25,27). The molecule has 9 heteroatoms. The summed E-state index contributed by atoms with van der Waals surface area (Å²) >= 11 is 0. The van der Waals surface area contributed by atoms with Crippen LogP contribution in [0.5, 0.6) is 17.2 Å². The highest BCUT2D eigenvalue weighted by atomic mass is 32.2. The number of benzene rings is 2. The molecule has 1 amide bonds. The van der Waals surface area contributed by atoms with Crippen molar-refractivity contribution in [3.05, 3.63) is 47.5 Å². The second-order valence-corrected chi connectivity index (χ2v) is 9.79. The Bertz CT molecular complexity index is 1060. The van der Waals surface area contributed by atoms with Crippen LogP contribution in [-0.2, 0) is 16.4 Å². The molecule has 1 aliphatic rings. The van der Waals surface area contributed by atoms with Gasteiger partial charge in [-0.3, -0.25) is 4.79 Å². The van der Waals surface area contributed by atoms with Gasteiger partial charge in [-0.1, -0.05) is 18.9 Å². The van der Waals surface area contributed by atoms with E-state index in [1.807, 2.05) is 18.2 Å². The van der Waals surface area contributed by atoms with E-state index in [9.17, 15) is 13.2 Å². The van der Waals surface area contributed by atoms with Gasteiger partial charge in [-0.05, 0) is 55.2 Å². The summed E-state index contributed by atoms with van der Waals surface area (Å²) in [5.74, 6) is 1.16. The van der Waals surface area contributed by atoms with E-state index in [2.05, 4.69) is 5.32 Å². The van der Waals surface area contributed by atoms with Gasteiger partial charge in [0, 0.05) is 25.2 Å². The fourth-order valence-electron chi connectivity index (χ4n) is 3.90. The van der Waals surface area contributed by atoms with Crippen LogP contribution in [0.15, 0.2) is 41.3 Å². The molecule has 1 fully saturated rings. The molecule has 2 aromatic rings. The van der Waals surface area contributed by atoms with Crippen LogP contribution in [-0.4, -0.2) is 59.6 Å². The maximum Gasteiger partial charge on any atom is 0.251 e. The van der Waals surface area contributed by atoms with Gasteiger partial charge in [0.1, 0.15) is 10.6 Å². The molecule has 1 aliphatic heterocycles. The van der Waals surface area contributed by atoms with E-state index in [1.165, 1.54) is 23.5 Å². The average molecular weight is 477 g/mol. The van der Waals surface area contributed by atoms with Crippen molar-refractivity contribution < 1.29 is 27.4 Å². The third kappa shape index (κ3) is 5.97. The van der Waals surface area contributed by atoms with E-state index in [0.717, 1.165) is 31.2 Å². The molecule has 0 radical (unpaired) electrons. The minimum Gasteiger partial charge on any atom is -0.495 e. The number of nitrogens with zero attached hydrogens (tertiary/aromatic N) is 1. The Morgan fingerprint density at radius 2 is 1.52 bits per heavy atom. The molecule has 1 N–H and O–H groups in total. The number of ether oxygens (including phenoxy) is 3. The molecule has 0 spiro atoms. The molecule has 0 unspecified atom stereocenters. The van der Waals surface area contributed by atoms with Gasteiger partial charge in [0.25, 0.3) is 5.91 Å². The lowest BCUT2D eigenvalue weighted by Gasteiger charge is -2.21. The van der Waals surface area contributed by atoms with Gasteiger partial charge >= 0.3 is 0 Å². The van der Waals surface area contributed by atoms with E-state index in [1.54, 1.807) is 20.3 Å². The number of sulfonamides is 1. The summed E-state index contributed by atoms with van der Waals surface area (Å²) in [7, 11) is 0.822. The van der Waals surface area contributed by atoms with Crippen LogP contribution in [0.25, 0.3) is 0 Å². The molecule has 0 aliphatic carbocycles. The molecule has 180 valence electrons. The Kier molecular flexibility index (Phi) is 8.57. The summed E-state index contributed by atoms with van der Waals surface area (Å²) in [5.41, 5.74) is 1.25. The summed E-state index contributed by atoms with van der Waals surface area (Å²) < 4.78 is 44.0. The van der Waals surface area contributed by atoms with Gasteiger partial charge < -0.3 is 19.5 Å². The molecule has 3 rings (SSSR count). The van der Waals surface area contributed by atoms with Crippen molar-refractivity contribution in [1.29, 1.82) is 0 Å². The van der Waals surface area contributed by atoms with Gasteiger partial charge in [-0.2, -0.15) is 4.31 Å². The molecule has 33 heavy (non-hydrogen) atoms. The van der Waals surface area contributed by atoms with Gasteiger partial charge in [0.15, 0.2) is 11.5 Å². The van der Waals surface area contributed by atoms with E-state index in [-0.39, 0.29) is 22.1 Å². The molecule has 1 saturated heterocycles. The number of hydrogen-bond donors (Lipinski definition) is 1. The Morgan fingerprint density at radius 3 is 2.15 bits per heavy atom. The number of carbonyl (C=O) groups excluding carboxylic acids is 1. The largest absolute Gasteiger partial charge is 0.495 e. The lowest BCUT2D eigenvalue weighted by molar-refractivity contribution is 0.0954. The van der Waals surface area contributed by atoms with Gasteiger partial charge in [0.05, 0.1) is 21.3 Å². The number of rotatable bonds is 9. The molecule has 0 atom stereocenters. The van der Waals surface area contributed by atoms with Crippen LogP contribution < -0.4 is 19.5 Å². The van der Waals surface area contributed by atoms with E-state index in [0.29, 0.717) is 37.6 Å². The second kappa shape index (κ2) is 11.4. The third-order valence-electron chi connectivity index (χ3n) is 5.76. The van der Waals surface area contributed by atoms with Gasteiger partial charge in [-0.15, -0.1) is 0 Å². The predicted octanol–water partition coefficient (Wildman–Crippen LogP) is 3.25. The van der Waals surface area contributed by atoms with Crippen LogP contribution in [0, 0.1) is 0 Å². The number of nitrogens with one attached hydrogen (secondary N) is 1. The molecule has 0 bridgehead atoms. The van der Waals surface area contributed by atoms with Crippen LogP contribution in [0.4, 0.5) is 0 Å². The highest BCUT2D eigenvalue weighted by molar-refractivity contribution is 7.89. The van der Waals surface area contributed by atoms with Crippen molar-refractivity contribution in [1.82, 2.24) is 9.62 Å². The van der Waals surface area contributed by atoms with Crippen molar-refractivity contribution in [3.8, 4) is 17.2 Å². The first-order chi connectivity index (χ1) is 15.9. The highest BCUT2D eigenvalue weighted by Crippen LogP contribution is 2.30. The number of hydrogen-bond acceptors (Lipinski definition) is 6. The Morgan fingerprint density at radius 1 is 0.879 bits per heavy atom. The molecule has 2 aromatic carbocycles. The zero-order valence-corrected chi connectivity index (χ0v) is 20.2. The lowest BCUT2D eigenvalue weighted by atomic mass is 10.1. The maximum absolute atomic E-state index is 13.3. The summed E-state index contributed by atoms with van der Waals surface area (Å²) in [6, 6.07) is 10.1. The van der Waals surface area contributed by atoms with Gasteiger partial charge in [-0.25, -0.2) is 8.42 Å². The van der Waals surface area contributed by atoms with Crippen LogP contribution >= 0.6 is 0 Å². The van der Waals surface area contributed by atoms with Crippen molar-refractivity contribution in [2.45, 2.75) is 37.0 Å². The van der Waals surface area contributed by atoms with Crippen molar-refractivity contribution in [2.75, 3.05) is 41.0 Å². The first kappa shape index (κ1) is 24.9. The molecule has 0 aromatic heterocycles. The summed E-state index contributed by atoms with van der Waals surface area (Å²) in [5, 5.41) is 2.86. The molecule has 0 saturated carbocycles. The fraction of sp³-hybridized carbons (Fsp3) is 0.458. The van der Waals surface area contributed by atoms with Crippen molar-refractivity contribution >= 4 is 15.9 Å². The molecular weight excluding hydrogens is 444 g/mol. The topological polar surface area (TPSA) is 94.2 Å². The summed E-state index contributed by atoms with van der Waals surface area (Å²) in [6.07, 6.45) is 4.29. The average Bonchev–Trinajstić information content (AvgIpc) is 3.13. The predicted molar refractivity (Wildman–Crippen MR) is 126 cm³/mol. The zero-order chi connectivity index (χ0) is 23.8. The zero-order valence-electron chi connectivity index (χ0n) is 19.4. The number of carbonyl (C=O) groups is 1. The van der Waals surface area contributed by atoms with Gasteiger partial charge in [0.2, 0.25) is 10.0 Å². The van der Waals surface area contributed by atoms with E-state index >= 15 is 0 Å². The van der Waals surface area contributed by atoms with E-state index in [4.69, 9.17) is 14.2 Å². The Hall–Kier alpha value is -2.78. The highest BCUT2D eigenvalue weighted by Gasteiger charge is 2.29. The maximum atomic E-state index is 13.3. The molecule has 1 heterocycles. The second-order valence-electron chi connectivity index (χ2n) is 7.88. The number of methoxy groups -OCH3 is 3. The minimum atomic E-state index is -3.76. The monoisotopic (exact) mass is 476 g/mol. The first-order valence-corrected chi connectivity index (χ1v) is 12.5. The molecular formula is C24H32N2O6S. The van der Waals surface area contributed by atoms with Crippen molar-refractivity contribution in [3.63, 3.8) is 0 Å². The quantitative estimate of drug-likeness (QED) is 0.597. The smallest absolute Gasteiger partial charge is 0.251 e. The lowest BCUT2D eigenvalue weighted by Crippen LogP contribution is -2.32. The SMILES string of the molecule is COc1ccc(CCNC(=O)c2ccc(OC)c(S(=O)(=O)N3CCCCCC3)c2)cc1OC. The van der Waals surface area contributed by atoms with Crippen LogP contribution in [0.2, 0.25) is 0 Å². The van der Waals surface area contributed by atoms with Crippen LogP contribution in [0.1, 0.15) is 41.6 Å². The third-order valence-corrected chi connectivity index (χ3v) is 7.68. The number of amides is 1.